The van der Waals surface area contributed by atoms with Crippen LogP contribution in [0, 0.1) is 0 Å². The van der Waals surface area contributed by atoms with E-state index in [0.717, 1.165) is 25.9 Å². The molecule has 0 amide bonds. The summed E-state index contributed by atoms with van der Waals surface area (Å²) in [7, 11) is 0. The highest BCUT2D eigenvalue weighted by Gasteiger charge is 2.19. The van der Waals surface area contributed by atoms with Crippen LogP contribution < -0.4 is 0 Å². The number of rotatable bonds is 5. The summed E-state index contributed by atoms with van der Waals surface area (Å²) in [5, 5.41) is 18.3. The van der Waals surface area contributed by atoms with Crippen LogP contribution in [0.2, 0.25) is 0 Å². The summed E-state index contributed by atoms with van der Waals surface area (Å²) in [6, 6.07) is 7.58. The Hall–Kier alpha value is -1.77. The van der Waals surface area contributed by atoms with Crippen molar-refractivity contribution in [2.45, 2.75) is 32.9 Å². The molecule has 0 aliphatic heterocycles. The van der Waals surface area contributed by atoms with E-state index in [1.807, 2.05) is 18.2 Å². The summed E-state index contributed by atoms with van der Waals surface area (Å²) >= 11 is 4.88. The van der Waals surface area contributed by atoms with Gasteiger partial charge in [0.1, 0.15) is 10.4 Å². The van der Waals surface area contributed by atoms with Crippen molar-refractivity contribution in [2.75, 3.05) is 6.61 Å². The lowest BCUT2D eigenvalue weighted by Crippen LogP contribution is -2.26. The smallest absolute Gasteiger partial charge is 0.348 e. The zero-order chi connectivity index (χ0) is 18.2. The highest BCUT2D eigenvalue weighted by molar-refractivity contribution is 9.10. The Balaban J connectivity index is 1.96. The lowest BCUT2D eigenvalue weighted by atomic mass is 10.1. The molecule has 0 fully saturated rings. The van der Waals surface area contributed by atoms with Crippen LogP contribution in [0.25, 0.3) is 21.5 Å². The molecule has 0 aliphatic rings. The van der Waals surface area contributed by atoms with Gasteiger partial charge in [-0.3, -0.25) is 0 Å². The van der Waals surface area contributed by atoms with Crippen LogP contribution in [0.1, 0.15) is 30.4 Å². The molecule has 3 rings (SSSR count). The van der Waals surface area contributed by atoms with Crippen molar-refractivity contribution in [1.82, 2.24) is 15.0 Å². The van der Waals surface area contributed by atoms with E-state index in [0.29, 0.717) is 18.0 Å². The SMILES string of the molecule is CCOC(=O)c1cc(Br)c(-c2ccc3c(c2)nnn3CC(C)(C)O)s1. The molecule has 6 nitrogen and oxygen atoms in total. The average molecular weight is 424 g/mol. The second kappa shape index (κ2) is 6.86. The van der Waals surface area contributed by atoms with E-state index in [1.165, 1.54) is 11.3 Å². The van der Waals surface area contributed by atoms with Gasteiger partial charge in [-0.2, -0.15) is 0 Å². The summed E-state index contributed by atoms with van der Waals surface area (Å²) in [5.41, 5.74) is 1.66. The van der Waals surface area contributed by atoms with Crippen LogP contribution >= 0.6 is 27.3 Å². The lowest BCUT2D eigenvalue weighted by Gasteiger charge is -2.16. The number of aliphatic hydroxyl groups is 1. The summed E-state index contributed by atoms with van der Waals surface area (Å²) in [6.45, 7) is 5.95. The van der Waals surface area contributed by atoms with Gasteiger partial charge in [0.15, 0.2) is 0 Å². The van der Waals surface area contributed by atoms with Gasteiger partial charge >= 0.3 is 5.97 Å². The first-order chi connectivity index (χ1) is 11.8. The summed E-state index contributed by atoms with van der Waals surface area (Å²) in [6.07, 6.45) is 0. The van der Waals surface area contributed by atoms with Crippen molar-refractivity contribution in [3.8, 4) is 10.4 Å². The monoisotopic (exact) mass is 423 g/mol. The molecule has 0 radical (unpaired) electrons. The number of ether oxygens (including phenoxy) is 1. The molecule has 0 unspecified atom stereocenters. The second-order valence-electron chi connectivity index (χ2n) is 6.27. The fraction of sp³-hybridized carbons (Fsp3) is 0.353. The second-order valence-corrected chi connectivity index (χ2v) is 8.18. The van der Waals surface area contributed by atoms with Gasteiger partial charge in [0.05, 0.1) is 24.3 Å². The quantitative estimate of drug-likeness (QED) is 0.630. The first-order valence-electron chi connectivity index (χ1n) is 7.81. The van der Waals surface area contributed by atoms with Crippen LogP contribution in [0.15, 0.2) is 28.7 Å². The zero-order valence-corrected chi connectivity index (χ0v) is 16.5. The minimum atomic E-state index is -0.870. The molecular weight excluding hydrogens is 406 g/mol. The Kier molecular flexibility index (Phi) is 4.95. The molecule has 1 N–H and O–H groups in total. The minimum Gasteiger partial charge on any atom is -0.462 e. The van der Waals surface area contributed by atoms with Gasteiger partial charge in [-0.25, -0.2) is 9.48 Å². The molecule has 2 heterocycles. The molecule has 0 atom stereocenters. The number of fused-ring (bicyclic) bond motifs is 1. The number of halogens is 1. The number of carbonyl (C=O) groups is 1. The number of benzene rings is 1. The Morgan fingerprint density at radius 2 is 2.16 bits per heavy atom. The van der Waals surface area contributed by atoms with Gasteiger partial charge in [-0.15, -0.1) is 16.4 Å². The maximum Gasteiger partial charge on any atom is 0.348 e. The highest BCUT2D eigenvalue weighted by Crippen LogP contribution is 2.37. The number of esters is 1. The number of nitrogens with zero attached hydrogens (tertiary/aromatic N) is 3. The highest BCUT2D eigenvalue weighted by atomic mass is 79.9. The van der Waals surface area contributed by atoms with E-state index in [-0.39, 0.29) is 5.97 Å². The number of carbonyl (C=O) groups excluding carboxylic acids is 1. The van der Waals surface area contributed by atoms with Crippen LogP contribution in [-0.2, 0) is 11.3 Å². The predicted molar refractivity (Wildman–Crippen MR) is 101 cm³/mol. The summed E-state index contributed by atoms with van der Waals surface area (Å²) in [4.78, 5) is 13.4. The van der Waals surface area contributed by atoms with Gasteiger partial charge in [0, 0.05) is 9.35 Å². The maximum absolute atomic E-state index is 11.9. The Bertz CT molecular complexity index is 927. The van der Waals surface area contributed by atoms with E-state index in [4.69, 9.17) is 4.74 Å². The molecule has 3 aromatic rings. The molecule has 0 saturated carbocycles. The van der Waals surface area contributed by atoms with Crippen molar-refractivity contribution in [2.24, 2.45) is 0 Å². The third-order valence-electron chi connectivity index (χ3n) is 3.48. The molecule has 0 saturated heterocycles. The van der Waals surface area contributed by atoms with Gasteiger partial charge in [-0.1, -0.05) is 11.3 Å². The molecule has 25 heavy (non-hydrogen) atoms. The summed E-state index contributed by atoms with van der Waals surface area (Å²) < 4.78 is 7.58. The van der Waals surface area contributed by atoms with Crippen LogP contribution in [0.3, 0.4) is 0 Å². The molecule has 0 spiro atoms. The number of hydrogen-bond acceptors (Lipinski definition) is 6. The van der Waals surface area contributed by atoms with Gasteiger partial charge in [0.25, 0.3) is 0 Å². The molecule has 132 valence electrons. The van der Waals surface area contributed by atoms with Gasteiger partial charge in [0.2, 0.25) is 0 Å². The van der Waals surface area contributed by atoms with Crippen molar-refractivity contribution in [1.29, 1.82) is 0 Å². The van der Waals surface area contributed by atoms with E-state index < -0.39 is 5.60 Å². The third kappa shape index (κ3) is 3.91. The number of aromatic nitrogens is 3. The van der Waals surface area contributed by atoms with Crippen LogP contribution in [0.5, 0.6) is 0 Å². The van der Waals surface area contributed by atoms with Crippen LogP contribution in [0.4, 0.5) is 0 Å². The first-order valence-corrected chi connectivity index (χ1v) is 9.42. The summed E-state index contributed by atoms with van der Waals surface area (Å²) in [5.74, 6) is -0.323. The molecule has 1 aromatic carbocycles. The fourth-order valence-corrected chi connectivity index (χ4v) is 4.26. The molecule has 2 aromatic heterocycles. The zero-order valence-electron chi connectivity index (χ0n) is 14.1. The average Bonchev–Trinajstić information content (AvgIpc) is 3.10. The van der Waals surface area contributed by atoms with Crippen molar-refractivity contribution in [3.63, 3.8) is 0 Å². The lowest BCUT2D eigenvalue weighted by molar-refractivity contribution is 0.0531. The molecule has 8 heteroatoms. The number of hydrogen-bond donors (Lipinski definition) is 1. The van der Waals surface area contributed by atoms with Crippen molar-refractivity contribution in [3.05, 3.63) is 33.6 Å². The maximum atomic E-state index is 11.9. The van der Waals surface area contributed by atoms with E-state index in [9.17, 15) is 9.90 Å². The minimum absolute atomic E-state index is 0.323. The van der Waals surface area contributed by atoms with Crippen LogP contribution in [-0.4, -0.2) is 38.3 Å². The Morgan fingerprint density at radius 1 is 1.40 bits per heavy atom. The normalized spacial score (nSPS) is 11.9. The topological polar surface area (TPSA) is 77.2 Å². The fourth-order valence-electron chi connectivity index (χ4n) is 2.47. The van der Waals surface area contributed by atoms with Gasteiger partial charge < -0.3 is 9.84 Å². The molecule has 0 bridgehead atoms. The van der Waals surface area contributed by atoms with E-state index >= 15 is 0 Å². The Labute approximate surface area is 157 Å². The predicted octanol–water partition coefficient (Wildman–Crippen LogP) is 3.87. The molecule has 0 aliphatic carbocycles. The van der Waals surface area contributed by atoms with E-state index in [1.54, 1.807) is 31.5 Å². The Morgan fingerprint density at radius 3 is 2.84 bits per heavy atom. The van der Waals surface area contributed by atoms with E-state index in [2.05, 4.69) is 26.2 Å². The number of thiophene rings is 1. The largest absolute Gasteiger partial charge is 0.462 e. The third-order valence-corrected chi connectivity index (χ3v) is 5.53. The van der Waals surface area contributed by atoms with Gasteiger partial charge in [-0.05, 0) is 60.5 Å². The van der Waals surface area contributed by atoms with Crippen molar-refractivity contribution < 1.29 is 14.6 Å². The first kappa shape index (κ1) is 18.0. The standard InChI is InChI=1S/C17H18BrN3O3S/c1-4-24-16(22)14-8-11(18)15(25-14)10-5-6-13-12(7-10)19-20-21(13)9-17(2,3)23/h5-8,23H,4,9H2,1-3H3. The molecular formula is C17H18BrN3O3S. The van der Waals surface area contributed by atoms with Crippen molar-refractivity contribution >= 4 is 44.3 Å².